The fraction of sp³-hybridized carbons (Fsp3) is 0.812. The van der Waals surface area contributed by atoms with Crippen LogP contribution in [0.5, 0.6) is 0 Å². The first-order valence-electron chi connectivity index (χ1n) is 8.13. The van der Waals surface area contributed by atoms with Crippen LogP contribution < -0.4 is 0 Å². The van der Waals surface area contributed by atoms with Gasteiger partial charge in [-0.2, -0.15) is 5.10 Å². The number of ether oxygens (including phenoxy) is 2. The van der Waals surface area contributed by atoms with Crippen molar-refractivity contribution < 1.29 is 9.47 Å². The van der Waals surface area contributed by atoms with E-state index in [9.17, 15) is 0 Å². The van der Waals surface area contributed by atoms with Gasteiger partial charge in [-0.1, -0.05) is 0 Å². The normalized spacial score (nSPS) is 22.5. The zero-order valence-electron chi connectivity index (χ0n) is 13.5. The molecule has 5 nitrogen and oxygen atoms in total. The lowest BCUT2D eigenvalue weighted by Crippen LogP contribution is -2.42. The summed E-state index contributed by atoms with van der Waals surface area (Å²) in [7, 11) is 2.22. The van der Waals surface area contributed by atoms with E-state index in [2.05, 4.69) is 41.6 Å². The summed E-state index contributed by atoms with van der Waals surface area (Å²) in [6, 6.07) is 2.82. The molecule has 118 valence electrons. The average molecular weight is 293 g/mol. The van der Waals surface area contributed by atoms with E-state index >= 15 is 0 Å². The van der Waals surface area contributed by atoms with Gasteiger partial charge in [-0.3, -0.25) is 9.58 Å². The van der Waals surface area contributed by atoms with E-state index in [0.717, 1.165) is 57.7 Å². The monoisotopic (exact) mass is 293 g/mol. The van der Waals surface area contributed by atoms with Crippen molar-refractivity contribution in [3.8, 4) is 0 Å². The number of hydrogen-bond donors (Lipinski definition) is 0. The molecular weight excluding hydrogens is 266 g/mol. The largest absolute Gasteiger partial charge is 0.348 e. The minimum Gasteiger partial charge on any atom is -0.348 e. The highest BCUT2D eigenvalue weighted by molar-refractivity contribution is 5.09. The van der Waals surface area contributed by atoms with Crippen molar-refractivity contribution >= 4 is 0 Å². The topological polar surface area (TPSA) is 39.5 Å². The van der Waals surface area contributed by atoms with Crippen molar-refractivity contribution in [2.45, 2.75) is 64.4 Å². The van der Waals surface area contributed by atoms with Crippen molar-refractivity contribution in [2.75, 3.05) is 20.3 Å². The Hall–Kier alpha value is -0.910. The number of hydrogen-bond acceptors (Lipinski definition) is 4. The maximum Gasteiger partial charge on any atom is 0.168 e. The van der Waals surface area contributed by atoms with Gasteiger partial charge in [-0.25, -0.2) is 0 Å². The quantitative estimate of drug-likeness (QED) is 0.854. The zero-order chi connectivity index (χ0) is 14.9. The molecule has 21 heavy (non-hydrogen) atoms. The van der Waals surface area contributed by atoms with Crippen LogP contribution in [0.1, 0.15) is 44.0 Å². The fourth-order valence-electron chi connectivity index (χ4n) is 3.65. The van der Waals surface area contributed by atoms with Gasteiger partial charge >= 0.3 is 0 Å². The third-order valence-corrected chi connectivity index (χ3v) is 4.85. The molecule has 2 heterocycles. The summed E-state index contributed by atoms with van der Waals surface area (Å²) in [4.78, 5) is 2.46. The minimum atomic E-state index is -0.251. The van der Waals surface area contributed by atoms with Gasteiger partial charge in [0.25, 0.3) is 0 Å². The molecular formula is C16H27N3O2. The van der Waals surface area contributed by atoms with E-state index in [1.165, 1.54) is 5.69 Å². The molecule has 0 N–H and O–H groups in total. The number of nitrogens with zero attached hydrogens (tertiary/aromatic N) is 3. The van der Waals surface area contributed by atoms with Crippen molar-refractivity contribution in [1.29, 1.82) is 0 Å². The van der Waals surface area contributed by atoms with Gasteiger partial charge in [-0.05, 0) is 39.8 Å². The second-order valence-electron chi connectivity index (χ2n) is 6.35. The van der Waals surface area contributed by atoms with Crippen LogP contribution in [0, 0.1) is 6.92 Å². The summed E-state index contributed by atoms with van der Waals surface area (Å²) >= 11 is 0. The highest BCUT2D eigenvalue weighted by Crippen LogP contribution is 2.37. The molecule has 0 unspecified atom stereocenters. The number of aromatic nitrogens is 2. The molecule has 0 aromatic carbocycles. The maximum absolute atomic E-state index is 5.81. The van der Waals surface area contributed by atoms with Gasteiger partial charge in [0, 0.05) is 32.0 Å². The van der Waals surface area contributed by atoms with E-state index in [1.54, 1.807) is 0 Å². The molecule has 2 fully saturated rings. The van der Waals surface area contributed by atoms with Crippen molar-refractivity contribution in [3.63, 3.8) is 0 Å². The molecule has 2 aliphatic rings. The first-order valence-corrected chi connectivity index (χ1v) is 8.13. The number of aryl methyl sites for hydroxylation is 2. The van der Waals surface area contributed by atoms with Crippen LogP contribution >= 0.6 is 0 Å². The molecule has 1 spiro atoms. The predicted molar refractivity (Wildman–Crippen MR) is 81.0 cm³/mol. The fourth-order valence-corrected chi connectivity index (χ4v) is 3.65. The van der Waals surface area contributed by atoms with Gasteiger partial charge in [-0.15, -0.1) is 0 Å². The second-order valence-corrected chi connectivity index (χ2v) is 6.35. The molecule has 0 atom stereocenters. The van der Waals surface area contributed by atoms with Crippen LogP contribution in [0.3, 0.4) is 0 Å². The van der Waals surface area contributed by atoms with E-state index in [4.69, 9.17) is 9.47 Å². The summed E-state index contributed by atoms with van der Waals surface area (Å²) in [5.41, 5.74) is 2.42. The Morgan fingerprint density at radius 1 is 1.33 bits per heavy atom. The Bertz CT molecular complexity index is 470. The van der Waals surface area contributed by atoms with Gasteiger partial charge < -0.3 is 9.47 Å². The summed E-state index contributed by atoms with van der Waals surface area (Å²) in [5.74, 6) is -0.251. The molecule has 1 saturated heterocycles. The lowest BCUT2D eigenvalue weighted by atomic mass is 9.89. The molecule has 3 rings (SSSR count). The Morgan fingerprint density at radius 2 is 2.00 bits per heavy atom. The van der Waals surface area contributed by atoms with Crippen LogP contribution in [-0.2, 0) is 22.6 Å². The first kappa shape index (κ1) is 15.0. The highest BCUT2D eigenvalue weighted by Gasteiger charge is 2.41. The SMILES string of the molecule is CCn1nc(C)cc1CN(C)C1CCC2(CC1)OCCO2. The van der Waals surface area contributed by atoms with Crippen molar-refractivity contribution in [3.05, 3.63) is 17.5 Å². The lowest BCUT2D eigenvalue weighted by Gasteiger charge is -2.39. The Balaban J connectivity index is 1.57. The summed E-state index contributed by atoms with van der Waals surface area (Å²) < 4.78 is 13.7. The van der Waals surface area contributed by atoms with Crippen LogP contribution in [-0.4, -0.2) is 46.8 Å². The Labute approximate surface area is 127 Å². The molecule has 1 saturated carbocycles. The molecule has 1 aromatic rings. The second kappa shape index (κ2) is 6.07. The molecule has 1 aliphatic heterocycles. The Morgan fingerprint density at radius 3 is 2.62 bits per heavy atom. The third-order valence-electron chi connectivity index (χ3n) is 4.85. The van der Waals surface area contributed by atoms with Crippen LogP contribution in [0.4, 0.5) is 0 Å². The van der Waals surface area contributed by atoms with Crippen LogP contribution in [0.2, 0.25) is 0 Å². The molecule has 0 bridgehead atoms. The minimum absolute atomic E-state index is 0.251. The summed E-state index contributed by atoms with van der Waals surface area (Å²) in [5, 5.41) is 4.54. The smallest absolute Gasteiger partial charge is 0.168 e. The van der Waals surface area contributed by atoms with Gasteiger partial charge in [0.2, 0.25) is 0 Å². The van der Waals surface area contributed by atoms with E-state index in [0.29, 0.717) is 6.04 Å². The summed E-state index contributed by atoms with van der Waals surface area (Å²) in [6.07, 6.45) is 4.34. The third kappa shape index (κ3) is 3.15. The summed E-state index contributed by atoms with van der Waals surface area (Å²) in [6.45, 7) is 7.63. The van der Waals surface area contributed by atoms with Gasteiger partial charge in [0.05, 0.1) is 24.6 Å². The Kier molecular flexibility index (Phi) is 4.33. The van der Waals surface area contributed by atoms with Crippen LogP contribution in [0.25, 0.3) is 0 Å². The first-order chi connectivity index (χ1) is 10.1. The van der Waals surface area contributed by atoms with E-state index in [1.807, 2.05) is 0 Å². The van der Waals surface area contributed by atoms with E-state index < -0.39 is 0 Å². The lowest BCUT2D eigenvalue weighted by molar-refractivity contribution is -0.183. The standard InChI is InChI=1S/C16H27N3O2/c1-4-19-15(11-13(2)17-19)12-18(3)14-5-7-16(8-6-14)20-9-10-21-16/h11,14H,4-10,12H2,1-3H3. The molecule has 0 radical (unpaired) electrons. The van der Waals surface area contributed by atoms with Crippen molar-refractivity contribution in [1.82, 2.24) is 14.7 Å². The number of rotatable bonds is 4. The molecule has 1 aliphatic carbocycles. The van der Waals surface area contributed by atoms with Gasteiger partial charge in [0.15, 0.2) is 5.79 Å². The average Bonchev–Trinajstić information content (AvgIpc) is 3.06. The highest BCUT2D eigenvalue weighted by atomic mass is 16.7. The molecule has 0 amide bonds. The predicted octanol–water partition coefficient (Wildman–Crippen LogP) is 2.33. The van der Waals surface area contributed by atoms with Gasteiger partial charge in [0.1, 0.15) is 0 Å². The van der Waals surface area contributed by atoms with Crippen molar-refractivity contribution in [2.24, 2.45) is 0 Å². The van der Waals surface area contributed by atoms with E-state index in [-0.39, 0.29) is 5.79 Å². The maximum atomic E-state index is 5.81. The molecule has 5 heteroatoms. The zero-order valence-corrected chi connectivity index (χ0v) is 13.5. The van der Waals surface area contributed by atoms with Crippen LogP contribution in [0.15, 0.2) is 6.07 Å². The molecule has 1 aromatic heterocycles.